The van der Waals surface area contributed by atoms with E-state index in [-0.39, 0.29) is 11.9 Å². The van der Waals surface area contributed by atoms with Crippen LogP contribution in [-0.2, 0) is 11.3 Å². The molecule has 0 radical (unpaired) electrons. The Morgan fingerprint density at radius 1 is 1.35 bits per heavy atom. The molecule has 2 rings (SSSR count). The van der Waals surface area contributed by atoms with Crippen molar-refractivity contribution in [2.75, 3.05) is 26.2 Å². The molecule has 0 bridgehead atoms. The van der Waals surface area contributed by atoms with E-state index in [0.717, 1.165) is 38.3 Å². The fourth-order valence-electron chi connectivity index (χ4n) is 2.45. The largest absolute Gasteiger partial charge is 0.508 e. The highest BCUT2D eigenvalue weighted by atomic mass is 16.3. The number of carbonyl (C=O) groups is 1. The predicted molar refractivity (Wildman–Crippen MR) is 78.2 cm³/mol. The van der Waals surface area contributed by atoms with Crippen LogP contribution in [0.5, 0.6) is 5.75 Å². The van der Waals surface area contributed by atoms with Gasteiger partial charge in [-0.25, -0.2) is 0 Å². The lowest BCUT2D eigenvalue weighted by atomic mass is 10.1. The molecule has 0 aliphatic carbocycles. The molecule has 3 N–H and O–H groups in total. The first kappa shape index (κ1) is 14.8. The molecule has 1 amide bonds. The van der Waals surface area contributed by atoms with Gasteiger partial charge in [-0.3, -0.25) is 9.69 Å². The molecule has 5 nitrogen and oxygen atoms in total. The SMILES string of the molecule is CC[C@H](N)C(=O)N1CCN(Cc2cccc(O)c2)CC1. The highest BCUT2D eigenvalue weighted by molar-refractivity contribution is 5.81. The van der Waals surface area contributed by atoms with Crippen LogP contribution >= 0.6 is 0 Å². The molecular weight excluding hydrogens is 254 g/mol. The third-order valence-electron chi connectivity index (χ3n) is 3.76. The molecule has 0 unspecified atom stereocenters. The van der Waals surface area contributed by atoms with Crippen LogP contribution in [0.2, 0.25) is 0 Å². The lowest BCUT2D eigenvalue weighted by Crippen LogP contribution is -2.52. The minimum Gasteiger partial charge on any atom is -0.508 e. The Hall–Kier alpha value is -1.59. The molecule has 1 saturated heterocycles. The van der Waals surface area contributed by atoms with Crippen molar-refractivity contribution >= 4 is 5.91 Å². The fraction of sp³-hybridized carbons (Fsp3) is 0.533. The number of nitrogens with two attached hydrogens (primary N) is 1. The van der Waals surface area contributed by atoms with E-state index in [2.05, 4.69) is 4.90 Å². The van der Waals surface area contributed by atoms with Gasteiger partial charge in [-0.1, -0.05) is 19.1 Å². The fourth-order valence-corrected chi connectivity index (χ4v) is 2.45. The van der Waals surface area contributed by atoms with Crippen molar-refractivity contribution in [1.82, 2.24) is 9.80 Å². The summed E-state index contributed by atoms with van der Waals surface area (Å²) in [6, 6.07) is 6.94. The van der Waals surface area contributed by atoms with Crippen molar-refractivity contribution in [1.29, 1.82) is 0 Å². The zero-order chi connectivity index (χ0) is 14.5. The number of amides is 1. The van der Waals surface area contributed by atoms with Gasteiger partial charge in [-0.2, -0.15) is 0 Å². The van der Waals surface area contributed by atoms with Crippen LogP contribution in [0, 0.1) is 0 Å². The molecular formula is C15H23N3O2. The quantitative estimate of drug-likeness (QED) is 0.853. The maximum atomic E-state index is 12.0. The van der Waals surface area contributed by atoms with Gasteiger partial charge in [-0.05, 0) is 24.1 Å². The number of carbonyl (C=O) groups excluding carboxylic acids is 1. The van der Waals surface area contributed by atoms with E-state index in [1.807, 2.05) is 24.0 Å². The average molecular weight is 277 g/mol. The highest BCUT2D eigenvalue weighted by Crippen LogP contribution is 2.14. The summed E-state index contributed by atoms with van der Waals surface area (Å²) in [7, 11) is 0. The van der Waals surface area contributed by atoms with E-state index in [1.165, 1.54) is 0 Å². The molecule has 1 aliphatic heterocycles. The molecule has 1 aromatic rings. The van der Waals surface area contributed by atoms with Crippen molar-refractivity contribution in [2.45, 2.75) is 25.9 Å². The topological polar surface area (TPSA) is 69.8 Å². The molecule has 5 heteroatoms. The van der Waals surface area contributed by atoms with Gasteiger partial charge >= 0.3 is 0 Å². The van der Waals surface area contributed by atoms with Gasteiger partial charge in [0.1, 0.15) is 5.75 Å². The summed E-state index contributed by atoms with van der Waals surface area (Å²) < 4.78 is 0. The minimum absolute atomic E-state index is 0.0597. The van der Waals surface area contributed by atoms with Crippen LogP contribution in [0.25, 0.3) is 0 Å². The summed E-state index contributed by atoms with van der Waals surface area (Å²) in [6.45, 7) is 5.88. The van der Waals surface area contributed by atoms with Crippen LogP contribution in [0.4, 0.5) is 0 Å². The molecule has 0 spiro atoms. The Bertz CT molecular complexity index is 456. The van der Waals surface area contributed by atoms with E-state index in [0.29, 0.717) is 12.2 Å². The van der Waals surface area contributed by atoms with Gasteiger partial charge in [0.2, 0.25) is 5.91 Å². The maximum Gasteiger partial charge on any atom is 0.239 e. The smallest absolute Gasteiger partial charge is 0.239 e. The lowest BCUT2D eigenvalue weighted by Gasteiger charge is -2.35. The molecule has 1 fully saturated rings. The number of hydrogen-bond donors (Lipinski definition) is 2. The second-order valence-electron chi connectivity index (χ2n) is 5.29. The van der Waals surface area contributed by atoms with Crippen LogP contribution < -0.4 is 5.73 Å². The maximum absolute atomic E-state index is 12.0. The average Bonchev–Trinajstić information content (AvgIpc) is 2.46. The number of phenolic OH excluding ortho intramolecular Hbond substituents is 1. The standard InChI is InChI=1S/C15H23N3O2/c1-2-14(16)15(20)18-8-6-17(7-9-18)11-12-4-3-5-13(19)10-12/h3-5,10,14,19H,2,6-9,11,16H2,1H3/t14-/m0/s1. The van der Waals surface area contributed by atoms with Gasteiger partial charge in [0.05, 0.1) is 6.04 Å². The van der Waals surface area contributed by atoms with Crippen molar-refractivity contribution in [3.8, 4) is 5.75 Å². The molecule has 110 valence electrons. The second kappa shape index (κ2) is 6.72. The summed E-state index contributed by atoms with van der Waals surface area (Å²) >= 11 is 0. The first-order valence-electron chi connectivity index (χ1n) is 7.14. The molecule has 0 saturated carbocycles. The zero-order valence-corrected chi connectivity index (χ0v) is 12.0. The Balaban J connectivity index is 1.84. The Morgan fingerprint density at radius 3 is 2.65 bits per heavy atom. The summed E-state index contributed by atoms with van der Waals surface area (Å²) in [5.74, 6) is 0.356. The van der Waals surface area contributed by atoms with Crippen molar-refractivity contribution in [3.63, 3.8) is 0 Å². The third-order valence-corrected chi connectivity index (χ3v) is 3.76. The molecule has 0 aromatic heterocycles. The molecule has 1 aromatic carbocycles. The number of phenols is 1. The Labute approximate surface area is 120 Å². The summed E-state index contributed by atoms with van der Waals surface area (Å²) in [5.41, 5.74) is 6.88. The number of hydrogen-bond acceptors (Lipinski definition) is 4. The van der Waals surface area contributed by atoms with Gasteiger partial charge in [-0.15, -0.1) is 0 Å². The van der Waals surface area contributed by atoms with E-state index in [4.69, 9.17) is 5.73 Å². The second-order valence-corrected chi connectivity index (χ2v) is 5.29. The van der Waals surface area contributed by atoms with Gasteiger partial charge in [0.25, 0.3) is 0 Å². The lowest BCUT2D eigenvalue weighted by molar-refractivity contribution is -0.134. The summed E-state index contributed by atoms with van der Waals surface area (Å²) in [6.07, 6.45) is 0.683. The van der Waals surface area contributed by atoms with Gasteiger partial charge in [0, 0.05) is 32.7 Å². The monoisotopic (exact) mass is 277 g/mol. The number of piperazine rings is 1. The number of aromatic hydroxyl groups is 1. The predicted octanol–water partition coefficient (Wildman–Crippen LogP) is 0.774. The zero-order valence-electron chi connectivity index (χ0n) is 12.0. The van der Waals surface area contributed by atoms with Crippen molar-refractivity contribution < 1.29 is 9.90 Å². The van der Waals surface area contributed by atoms with E-state index < -0.39 is 0 Å². The van der Waals surface area contributed by atoms with Gasteiger partial charge in [0.15, 0.2) is 0 Å². The van der Waals surface area contributed by atoms with Crippen LogP contribution in [0.15, 0.2) is 24.3 Å². The molecule has 1 heterocycles. The summed E-state index contributed by atoms with van der Waals surface area (Å²) in [4.78, 5) is 16.1. The molecule has 1 aliphatic rings. The normalized spacial score (nSPS) is 18.0. The Morgan fingerprint density at radius 2 is 2.05 bits per heavy atom. The van der Waals surface area contributed by atoms with E-state index >= 15 is 0 Å². The summed E-state index contributed by atoms with van der Waals surface area (Å²) in [5, 5.41) is 9.46. The number of benzene rings is 1. The molecule has 20 heavy (non-hydrogen) atoms. The minimum atomic E-state index is -0.368. The van der Waals surface area contributed by atoms with Gasteiger partial charge < -0.3 is 15.7 Å². The van der Waals surface area contributed by atoms with Crippen LogP contribution in [-0.4, -0.2) is 53.0 Å². The number of rotatable bonds is 4. The van der Waals surface area contributed by atoms with Crippen molar-refractivity contribution in [2.24, 2.45) is 5.73 Å². The van der Waals surface area contributed by atoms with E-state index in [1.54, 1.807) is 12.1 Å². The first-order chi connectivity index (χ1) is 9.60. The Kier molecular flexibility index (Phi) is 4.98. The first-order valence-corrected chi connectivity index (χ1v) is 7.14. The third kappa shape index (κ3) is 3.71. The van der Waals surface area contributed by atoms with Crippen LogP contribution in [0.1, 0.15) is 18.9 Å². The van der Waals surface area contributed by atoms with Crippen LogP contribution in [0.3, 0.4) is 0 Å². The highest BCUT2D eigenvalue weighted by Gasteiger charge is 2.24. The molecule has 1 atom stereocenters. The van der Waals surface area contributed by atoms with Crippen molar-refractivity contribution in [3.05, 3.63) is 29.8 Å². The number of nitrogens with zero attached hydrogens (tertiary/aromatic N) is 2. The van der Waals surface area contributed by atoms with E-state index in [9.17, 15) is 9.90 Å².